The second-order valence-corrected chi connectivity index (χ2v) is 14.0. The number of tetrazole rings is 1. The first kappa shape index (κ1) is 35.1. The van der Waals surface area contributed by atoms with Crippen LogP contribution in [0.4, 0.5) is 16.6 Å². The molecule has 0 radical (unpaired) electrons. The molecule has 2 aliphatic rings. The number of fused-ring (bicyclic) bond motifs is 1. The van der Waals surface area contributed by atoms with Crippen molar-refractivity contribution in [2.45, 2.75) is 69.0 Å². The highest BCUT2D eigenvalue weighted by molar-refractivity contribution is 5.84. The minimum absolute atomic E-state index is 0.0173. The molecule has 0 unspecified atom stereocenters. The number of aliphatic hydroxyl groups is 2. The van der Waals surface area contributed by atoms with Gasteiger partial charge in [-0.3, -0.25) is 0 Å². The number of aryl methyl sites for hydroxylation is 2. The average molecular weight is 733 g/mol. The molecule has 1 saturated heterocycles. The molecular formula is C37H44N14O3. The van der Waals surface area contributed by atoms with E-state index in [4.69, 9.17) is 15.0 Å². The Kier molecular flexibility index (Phi) is 9.88. The number of anilines is 2. The van der Waals surface area contributed by atoms with E-state index in [0.29, 0.717) is 74.2 Å². The largest absolute Gasteiger partial charge is 0.388 e. The molecule has 5 N–H and O–H groups in total. The third-order valence-electron chi connectivity index (χ3n) is 10.3. The Labute approximate surface area is 311 Å². The number of benzene rings is 2. The van der Waals surface area contributed by atoms with Gasteiger partial charge in [-0.1, -0.05) is 67.6 Å². The molecule has 2 amide bonds. The number of imidazole rings is 2. The average Bonchev–Trinajstić information content (AvgIpc) is 4.05. The number of hydrogen-bond acceptors (Lipinski definition) is 12. The summed E-state index contributed by atoms with van der Waals surface area (Å²) in [5.41, 5.74) is 4.14. The Hall–Kier alpha value is -5.94. The van der Waals surface area contributed by atoms with E-state index >= 15 is 0 Å². The molecule has 17 nitrogen and oxygen atoms in total. The summed E-state index contributed by atoms with van der Waals surface area (Å²) in [6, 6.07) is 19.1. The number of amides is 2. The summed E-state index contributed by atoms with van der Waals surface area (Å²) in [6.07, 6.45) is 4.59. The van der Waals surface area contributed by atoms with E-state index < -0.39 is 24.3 Å². The summed E-state index contributed by atoms with van der Waals surface area (Å²) in [6.45, 7) is 3.90. The molecule has 5 heterocycles. The van der Waals surface area contributed by atoms with Gasteiger partial charge in [-0.2, -0.15) is 14.8 Å². The SMILES string of the molecule is CCc1nnn([C@H]2C[C@@H](n3cnc4c(NCC(c5ccccc5)c5ccccc5)nc(N5CC[C@@H](NC(=O)NCc6cn(C)cn6)C5)nc43)[C@H](O)[C@@H]2O)n1. The molecule has 1 aliphatic carbocycles. The lowest BCUT2D eigenvalue weighted by atomic mass is 9.91. The number of rotatable bonds is 12. The normalized spacial score (nSPS) is 21.3. The number of aromatic nitrogens is 10. The van der Waals surface area contributed by atoms with Crippen LogP contribution in [-0.4, -0.2) is 103 Å². The van der Waals surface area contributed by atoms with E-state index in [0.717, 1.165) is 16.8 Å². The van der Waals surface area contributed by atoms with Crippen molar-refractivity contribution in [3.05, 3.63) is 102 Å². The van der Waals surface area contributed by atoms with Gasteiger partial charge in [0.25, 0.3) is 0 Å². The van der Waals surface area contributed by atoms with E-state index in [1.54, 1.807) is 12.7 Å². The highest BCUT2D eigenvalue weighted by Crippen LogP contribution is 2.40. The fourth-order valence-electron chi connectivity index (χ4n) is 7.46. The molecule has 0 bridgehead atoms. The number of hydrogen-bond donors (Lipinski definition) is 5. The summed E-state index contributed by atoms with van der Waals surface area (Å²) in [7, 11) is 1.89. The van der Waals surface area contributed by atoms with Crippen LogP contribution in [-0.2, 0) is 20.0 Å². The summed E-state index contributed by atoms with van der Waals surface area (Å²) >= 11 is 0. The molecule has 1 aliphatic heterocycles. The number of nitrogens with zero attached hydrogens (tertiary/aromatic N) is 11. The first-order valence-corrected chi connectivity index (χ1v) is 18.3. The molecule has 0 spiro atoms. The van der Waals surface area contributed by atoms with Gasteiger partial charge in [0, 0.05) is 51.3 Å². The van der Waals surface area contributed by atoms with E-state index in [1.165, 1.54) is 4.80 Å². The predicted molar refractivity (Wildman–Crippen MR) is 200 cm³/mol. The zero-order chi connectivity index (χ0) is 37.2. The van der Waals surface area contributed by atoms with Crippen LogP contribution in [0, 0.1) is 0 Å². The van der Waals surface area contributed by atoms with Crippen LogP contribution in [0.3, 0.4) is 0 Å². The Balaban J connectivity index is 1.08. The minimum atomic E-state index is -1.14. The topological polar surface area (TPSA) is 202 Å². The summed E-state index contributed by atoms with van der Waals surface area (Å²) in [5, 5.41) is 44.8. The molecule has 8 rings (SSSR count). The van der Waals surface area contributed by atoms with Crippen LogP contribution in [0.25, 0.3) is 11.2 Å². The monoisotopic (exact) mass is 732 g/mol. The number of nitrogens with one attached hydrogen (secondary N) is 3. The molecule has 280 valence electrons. The van der Waals surface area contributed by atoms with Crippen LogP contribution in [0.2, 0.25) is 0 Å². The molecule has 2 fully saturated rings. The summed E-state index contributed by atoms with van der Waals surface area (Å²) in [4.78, 5) is 35.4. The first-order chi connectivity index (χ1) is 26.3. The van der Waals surface area contributed by atoms with Crippen molar-refractivity contribution >= 4 is 29.0 Å². The Morgan fingerprint density at radius 1 is 0.963 bits per heavy atom. The molecule has 6 aromatic rings. The lowest BCUT2D eigenvalue weighted by Crippen LogP contribution is -2.43. The van der Waals surface area contributed by atoms with Crippen LogP contribution < -0.4 is 20.9 Å². The Bertz CT molecular complexity index is 2150. The maximum atomic E-state index is 12.8. The van der Waals surface area contributed by atoms with Gasteiger partial charge in [-0.25, -0.2) is 14.8 Å². The van der Waals surface area contributed by atoms with Crippen molar-refractivity contribution in [2.75, 3.05) is 29.9 Å². The molecule has 1 saturated carbocycles. The molecule has 17 heteroatoms. The highest BCUT2D eigenvalue weighted by Gasteiger charge is 2.45. The second-order valence-electron chi connectivity index (χ2n) is 14.0. The van der Waals surface area contributed by atoms with Crippen LogP contribution in [0.1, 0.15) is 60.4 Å². The summed E-state index contributed by atoms with van der Waals surface area (Å²) < 4.78 is 3.66. The van der Waals surface area contributed by atoms with Crippen molar-refractivity contribution < 1.29 is 15.0 Å². The quantitative estimate of drug-likeness (QED) is 0.123. The smallest absolute Gasteiger partial charge is 0.315 e. The highest BCUT2D eigenvalue weighted by atomic mass is 16.3. The van der Waals surface area contributed by atoms with Gasteiger partial charge in [0.1, 0.15) is 18.2 Å². The van der Waals surface area contributed by atoms with Gasteiger partial charge < -0.3 is 40.2 Å². The van der Waals surface area contributed by atoms with Crippen LogP contribution in [0.5, 0.6) is 0 Å². The summed E-state index contributed by atoms with van der Waals surface area (Å²) in [5.74, 6) is 1.60. The van der Waals surface area contributed by atoms with Crippen molar-refractivity contribution in [3.8, 4) is 0 Å². The number of carbonyl (C=O) groups is 1. The third kappa shape index (κ3) is 7.19. The molecule has 4 aromatic heterocycles. The van der Waals surface area contributed by atoms with Gasteiger partial charge >= 0.3 is 6.03 Å². The van der Waals surface area contributed by atoms with Crippen LogP contribution >= 0.6 is 0 Å². The second kappa shape index (κ2) is 15.2. The molecular weight excluding hydrogens is 689 g/mol. The molecule has 5 atom stereocenters. The molecule has 2 aromatic carbocycles. The Morgan fingerprint density at radius 2 is 1.70 bits per heavy atom. The lowest BCUT2D eigenvalue weighted by molar-refractivity contribution is 0.00473. The van der Waals surface area contributed by atoms with Crippen molar-refractivity contribution in [1.82, 2.24) is 59.9 Å². The van der Waals surface area contributed by atoms with E-state index in [-0.39, 0.29) is 18.0 Å². The fraction of sp³-hybridized carbons (Fsp3) is 0.405. The minimum Gasteiger partial charge on any atom is -0.388 e. The van der Waals surface area contributed by atoms with E-state index in [2.05, 4.69) is 60.6 Å². The van der Waals surface area contributed by atoms with Gasteiger partial charge in [0.05, 0.1) is 30.9 Å². The number of urea groups is 1. The third-order valence-corrected chi connectivity index (χ3v) is 10.3. The van der Waals surface area contributed by atoms with Gasteiger partial charge in [-0.05, 0) is 29.2 Å². The van der Waals surface area contributed by atoms with Gasteiger partial charge in [-0.15, -0.1) is 10.2 Å². The first-order valence-electron chi connectivity index (χ1n) is 18.3. The predicted octanol–water partition coefficient (Wildman–Crippen LogP) is 2.34. The van der Waals surface area contributed by atoms with Crippen molar-refractivity contribution in [3.63, 3.8) is 0 Å². The van der Waals surface area contributed by atoms with Crippen LogP contribution in [0.15, 0.2) is 79.5 Å². The maximum absolute atomic E-state index is 12.8. The standard InChI is InChI=1S/C37H44N14O3/c1-3-30-45-47-51(46-30)29-16-28(32(52)33(29)53)50-22-41-31-34(38-18-27(23-10-6-4-7-11-23)24-12-8-5-9-13-24)43-36(44-35(31)50)49-15-14-25(20-49)42-37(54)39-17-26-19-48(2)21-40-26/h4-13,19,21-22,25,27-29,32-33,52-53H,3,14-18,20H2,1-2H3,(H,38,43,44)(H2,39,42,54)/t25-,28-,29+,32+,33-/m1/s1. The lowest BCUT2D eigenvalue weighted by Gasteiger charge is -2.22. The van der Waals surface area contributed by atoms with Gasteiger partial charge in [0.15, 0.2) is 22.8 Å². The number of aliphatic hydroxyl groups excluding tert-OH is 2. The zero-order valence-corrected chi connectivity index (χ0v) is 30.1. The van der Waals surface area contributed by atoms with Crippen molar-refractivity contribution in [2.24, 2.45) is 7.05 Å². The fourth-order valence-corrected chi connectivity index (χ4v) is 7.46. The van der Waals surface area contributed by atoms with E-state index in [9.17, 15) is 15.0 Å². The van der Waals surface area contributed by atoms with Gasteiger partial charge in [0.2, 0.25) is 5.95 Å². The number of carbonyl (C=O) groups excluding carboxylic acids is 1. The van der Waals surface area contributed by atoms with E-state index in [1.807, 2.05) is 70.6 Å². The zero-order valence-electron chi connectivity index (χ0n) is 30.1. The van der Waals surface area contributed by atoms with Crippen molar-refractivity contribution in [1.29, 1.82) is 0 Å². The Morgan fingerprint density at radius 3 is 2.39 bits per heavy atom. The molecule has 54 heavy (non-hydrogen) atoms. The maximum Gasteiger partial charge on any atom is 0.315 e.